The van der Waals surface area contributed by atoms with E-state index in [4.69, 9.17) is 15.1 Å². The molecule has 0 spiro atoms. The zero-order valence-electron chi connectivity index (χ0n) is 15.9. The molecule has 28 heavy (non-hydrogen) atoms. The molecule has 0 atom stereocenters. The molecule has 0 saturated carbocycles. The first kappa shape index (κ1) is 21.2. The van der Waals surface area contributed by atoms with E-state index in [1.54, 1.807) is 13.0 Å². The van der Waals surface area contributed by atoms with Gasteiger partial charge in [0.05, 0.1) is 0 Å². The molecule has 0 aliphatic heterocycles. The van der Waals surface area contributed by atoms with Gasteiger partial charge in [-0.05, 0) is 45.3 Å². The van der Waals surface area contributed by atoms with Crippen LogP contribution in [0.1, 0.15) is 6.92 Å². The summed E-state index contributed by atoms with van der Waals surface area (Å²) in [5.41, 5.74) is -0.0319. The summed E-state index contributed by atoms with van der Waals surface area (Å²) in [6.07, 6.45) is 1.52. The third-order valence-electron chi connectivity index (χ3n) is 3.79. The van der Waals surface area contributed by atoms with E-state index in [1.807, 2.05) is 43.3 Å². The molecular formula is C19H22N4O4S. The monoisotopic (exact) mass is 402 g/mol. The summed E-state index contributed by atoms with van der Waals surface area (Å²) in [6, 6.07) is 8.93. The van der Waals surface area contributed by atoms with E-state index in [0.29, 0.717) is 11.1 Å². The quantitative estimate of drug-likeness (QED) is 0.661. The molecule has 0 fully saturated rings. The molecule has 9 heteroatoms. The summed E-state index contributed by atoms with van der Waals surface area (Å²) in [6.45, 7) is 3.40. The van der Waals surface area contributed by atoms with Crippen molar-refractivity contribution in [2.75, 3.05) is 32.6 Å². The van der Waals surface area contributed by atoms with Crippen LogP contribution >= 0.6 is 11.3 Å². The van der Waals surface area contributed by atoms with E-state index in [9.17, 15) is 9.59 Å². The lowest BCUT2D eigenvalue weighted by molar-refractivity contribution is -0.130. The van der Waals surface area contributed by atoms with Crippen LogP contribution in [0.25, 0.3) is 11.8 Å². The highest BCUT2D eigenvalue weighted by Gasteiger charge is 2.13. The van der Waals surface area contributed by atoms with Gasteiger partial charge in [-0.1, -0.05) is 0 Å². The van der Waals surface area contributed by atoms with E-state index in [-0.39, 0.29) is 16.8 Å². The maximum atomic E-state index is 12.5. The molecule has 2 aromatic rings. The minimum Gasteiger partial charge on any atom is -0.492 e. The van der Waals surface area contributed by atoms with Crippen LogP contribution in [0.15, 0.2) is 29.1 Å². The fraction of sp³-hybridized carbons (Fsp3) is 0.316. The number of nitrogens with zero attached hydrogens (tertiary/aromatic N) is 3. The van der Waals surface area contributed by atoms with Gasteiger partial charge in [-0.3, -0.25) is 9.36 Å². The third-order valence-corrected chi connectivity index (χ3v) is 4.93. The van der Waals surface area contributed by atoms with Crippen molar-refractivity contribution in [2.24, 2.45) is 0 Å². The van der Waals surface area contributed by atoms with Crippen molar-refractivity contribution in [3.63, 3.8) is 0 Å². The Balaban J connectivity index is 2.26. The number of thiazole rings is 1. The molecule has 1 heterocycles. The van der Waals surface area contributed by atoms with Crippen LogP contribution in [-0.4, -0.2) is 47.8 Å². The Morgan fingerprint density at radius 1 is 1.39 bits per heavy atom. The van der Waals surface area contributed by atoms with Gasteiger partial charge in [0.25, 0.3) is 5.56 Å². The molecule has 0 saturated heterocycles. The summed E-state index contributed by atoms with van der Waals surface area (Å²) in [7, 11) is 3.95. The van der Waals surface area contributed by atoms with Crippen molar-refractivity contribution in [1.29, 1.82) is 5.26 Å². The van der Waals surface area contributed by atoms with Gasteiger partial charge in [-0.2, -0.15) is 5.26 Å². The average molecular weight is 402 g/mol. The number of nitriles is 1. The number of benzene rings is 1. The lowest BCUT2D eigenvalue weighted by Gasteiger charge is -2.11. The number of anilines is 1. The lowest BCUT2D eigenvalue weighted by atomic mass is 10.3. The highest BCUT2D eigenvalue weighted by Crippen LogP contribution is 2.15. The molecule has 1 aromatic carbocycles. The van der Waals surface area contributed by atoms with E-state index in [1.165, 1.54) is 10.8 Å². The highest BCUT2D eigenvalue weighted by atomic mass is 32.1. The second kappa shape index (κ2) is 9.73. The molecule has 0 radical (unpaired) electrons. The SMILES string of the molecule is CCn1c(=C(C#N)C(=O)O)sc(=CNc2ccc(OCCN(C)C)cc2)c1=O. The number of hydrogen-bond acceptors (Lipinski definition) is 7. The Kier molecular flexibility index (Phi) is 7.37. The fourth-order valence-corrected chi connectivity index (χ4v) is 3.40. The number of nitrogens with one attached hydrogen (secondary N) is 1. The standard InChI is InChI=1S/C19H22N4O4S/c1-4-23-17(24)16(28-18(23)15(11-20)19(25)26)12-21-13-5-7-14(8-6-13)27-10-9-22(2)3/h5-8,12,21H,4,9-10H2,1-3H3,(H,25,26). The van der Waals surface area contributed by atoms with Crippen LogP contribution in [-0.2, 0) is 11.3 Å². The molecule has 2 rings (SSSR count). The van der Waals surface area contributed by atoms with Gasteiger partial charge in [0.1, 0.15) is 27.6 Å². The van der Waals surface area contributed by atoms with Crippen LogP contribution in [0.5, 0.6) is 5.75 Å². The number of likely N-dealkylation sites (N-methyl/N-ethyl adjacent to an activating group) is 1. The molecular weight excluding hydrogens is 380 g/mol. The van der Waals surface area contributed by atoms with Gasteiger partial charge in [-0.15, -0.1) is 11.3 Å². The first-order valence-electron chi connectivity index (χ1n) is 8.59. The number of aliphatic carboxylic acids is 1. The van der Waals surface area contributed by atoms with Gasteiger partial charge in [0.15, 0.2) is 5.57 Å². The molecule has 0 bridgehead atoms. The van der Waals surface area contributed by atoms with Gasteiger partial charge in [0, 0.05) is 25.0 Å². The van der Waals surface area contributed by atoms with Crippen molar-refractivity contribution in [3.05, 3.63) is 43.8 Å². The predicted molar refractivity (Wildman–Crippen MR) is 109 cm³/mol. The minimum absolute atomic E-state index is 0.139. The summed E-state index contributed by atoms with van der Waals surface area (Å²) >= 11 is 0.971. The zero-order valence-corrected chi connectivity index (χ0v) is 16.7. The normalized spacial score (nSPS) is 12.6. The lowest BCUT2D eigenvalue weighted by Crippen LogP contribution is -2.32. The average Bonchev–Trinajstić information content (AvgIpc) is 2.96. The van der Waals surface area contributed by atoms with Gasteiger partial charge in [0.2, 0.25) is 0 Å². The summed E-state index contributed by atoms with van der Waals surface area (Å²) in [5.74, 6) is -0.607. The van der Waals surface area contributed by atoms with Crippen LogP contribution in [0.3, 0.4) is 0 Å². The first-order valence-corrected chi connectivity index (χ1v) is 9.40. The van der Waals surface area contributed by atoms with E-state index < -0.39 is 11.5 Å². The Morgan fingerprint density at radius 2 is 2.07 bits per heavy atom. The van der Waals surface area contributed by atoms with Gasteiger partial charge < -0.3 is 20.1 Å². The second-order valence-corrected chi connectivity index (χ2v) is 7.11. The Morgan fingerprint density at radius 3 is 2.61 bits per heavy atom. The van der Waals surface area contributed by atoms with Crippen LogP contribution in [0.2, 0.25) is 0 Å². The Bertz CT molecular complexity index is 1050. The first-order chi connectivity index (χ1) is 13.4. The summed E-state index contributed by atoms with van der Waals surface area (Å²) in [5, 5.41) is 21.3. The van der Waals surface area contributed by atoms with Crippen LogP contribution < -0.4 is 24.8 Å². The van der Waals surface area contributed by atoms with Crippen LogP contribution in [0.4, 0.5) is 5.69 Å². The molecule has 148 valence electrons. The van der Waals surface area contributed by atoms with Crippen LogP contribution in [0, 0.1) is 11.3 Å². The van der Waals surface area contributed by atoms with Crippen molar-refractivity contribution in [3.8, 4) is 11.8 Å². The van der Waals surface area contributed by atoms with Crippen molar-refractivity contribution >= 4 is 34.8 Å². The topological polar surface area (TPSA) is 108 Å². The zero-order chi connectivity index (χ0) is 20.7. The molecule has 0 aliphatic rings. The van der Waals surface area contributed by atoms with Crippen molar-refractivity contribution in [1.82, 2.24) is 9.47 Å². The van der Waals surface area contributed by atoms with E-state index >= 15 is 0 Å². The smallest absolute Gasteiger partial charge is 0.349 e. The second-order valence-electron chi connectivity index (χ2n) is 6.08. The summed E-state index contributed by atoms with van der Waals surface area (Å²) in [4.78, 5) is 25.7. The molecule has 8 nitrogen and oxygen atoms in total. The Hall–Kier alpha value is -3.09. The van der Waals surface area contributed by atoms with Gasteiger partial charge >= 0.3 is 5.97 Å². The maximum Gasteiger partial charge on any atom is 0.349 e. The van der Waals surface area contributed by atoms with Gasteiger partial charge in [-0.25, -0.2) is 4.79 Å². The van der Waals surface area contributed by atoms with E-state index in [2.05, 4.69) is 5.32 Å². The number of ether oxygens (including phenoxy) is 1. The maximum absolute atomic E-state index is 12.5. The molecule has 0 amide bonds. The van der Waals surface area contributed by atoms with Crippen molar-refractivity contribution < 1.29 is 14.6 Å². The summed E-state index contributed by atoms with van der Waals surface area (Å²) < 4.78 is 7.37. The van der Waals surface area contributed by atoms with E-state index in [0.717, 1.165) is 29.3 Å². The number of carbonyl (C=O) groups is 1. The highest BCUT2D eigenvalue weighted by molar-refractivity contribution is 7.07. The predicted octanol–water partition coefficient (Wildman–Crippen LogP) is 0.479. The Labute approximate surface area is 166 Å². The third kappa shape index (κ3) is 5.22. The number of aromatic nitrogens is 1. The molecule has 1 aromatic heterocycles. The fourth-order valence-electron chi connectivity index (χ4n) is 2.32. The number of hydrogen-bond donors (Lipinski definition) is 2. The number of carboxylic acid groups (broad SMARTS) is 1. The van der Waals surface area contributed by atoms with Crippen molar-refractivity contribution in [2.45, 2.75) is 13.5 Å². The molecule has 0 unspecified atom stereocenters. The number of carboxylic acids is 1. The number of rotatable bonds is 8. The minimum atomic E-state index is -1.35. The molecule has 0 aliphatic carbocycles. The largest absolute Gasteiger partial charge is 0.492 e. The molecule has 2 N–H and O–H groups in total.